The number of hydrogen-bond donors (Lipinski definition) is 1. The molecule has 2 aromatic carbocycles. The number of fused-ring (bicyclic) bond motifs is 2. The molecule has 0 bridgehead atoms. The minimum Gasteiger partial charge on any atom is -0.328 e. The molecular formula is C18H20FN. The molecule has 1 nitrogen and oxygen atoms in total. The number of halogens is 1. The zero-order valence-electron chi connectivity index (χ0n) is 11.8. The molecule has 0 saturated heterocycles. The Balaban J connectivity index is 2.07. The van der Waals surface area contributed by atoms with Gasteiger partial charge in [0.15, 0.2) is 0 Å². The minimum absolute atomic E-state index is 0.144. The van der Waals surface area contributed by atoms with Crippen molar-refractivity contribution in [3.8, 4) is 0 Å². The second-order valence-corrected chi connectivity index (χ2v) is 5.90. The third-order valence-corrected chi connectivity index (χ3v) is 4.17. The number of hydrogen-bond acceptors (Lipinski definition) is 1. The van der Waals surface area contributed by atoms with Crippen molar-refractivity contribution in [3.05, 3.63) is 70.5 Å². The summed E-state index contributed by atoms with van der Waals surface area (Å²) in [5.41, 5.74) is 11.1. The van der Waals surface area contributed by atoms with E-state index in [1.807, 2.05) is 13.0 Å². The summed E-state index contributed by atoms with van der Waals surface area (Å²) >= 11 is 0. The van der Waals surface area contributed by atoms with Gasteiger partial charge in [0.25, 0.3) is 0 Å². The molecule has 1 aliphatic rings. The summed E-state index contributed by atoms with van der Waals surface area (Å²) in [6, 6.07) is 13.9. The first kappa shape index (κ1) is 13.3. The van der Waals surface area contributed by atoms with Gasteiger partial charge in [-0.3, -0.25) is 0 Å². The topological polar surface area (TPSA) is 26.0 Å². The summed E-state index contributed by atoms with van der Waals surface area (Å²) < 4.78 is 13.5. The highest BCUT2D eigenvalue weighted by molar-refractivity contribution is 5.42. The van der Waals surface area contributed by atoms with E-state index in [1.165, 1.54) is 16.7 Å². The molecule has 104 valence electrons. The molecule has 2 N–H and O–H groups in total. The summed E-state index contributed by atoms with van der Waals surface area (Å²) in [5.74, 6) is 0.239. The lowest BCUT2D eigenvalue weighted by Crippen LogP contribution is -2.20. The molecule has 0 radical (unpaired) electrons. The van der Waals surface area contributed by atoms with Crippen molar-refractivity contribution in [2.24, 2.45) is 5.73 Å². The number of rotatable bonds is 2. The quantitative estimate of drug-likeness (QED) is 0.882. The van der Waals surface area contributed by atoms with Crippen LogP contribution in [0.4, 0.5) is 4.39 Å². The maximum Gasteiger partial charge on any atom is 0.123 e. The SMILES string of the molecule is C[C@H](N)C[C@H]1Cc2cc(F)ccc2Cc2ccccc21. The van der Waals surface area contributed by atoms with Crippen LogP contribution in [-0.2, 0) is 12.8 Å². The molecule has 0 aromatic heterocycles. The summed E-state index contributed by atoms with van der Waals surface area (Å²) in [6.07, 6.45) is 2.71. The molecule has 0 saturated carbocycles. The van der Waals surface area contributed by atoms with Crippen molar-refractivity contribution in [2.75, 3.05) is 0 Å². The van der Waals surface area contributed by atoms with E-state index in [4.69, 9.17) is 5.73 Å². The predicted molar refractivity (Wildman–Crippen MR) is 80.4 cm³/mol. The third-order valence-electron chi connectivity index (χ3n) is 4.17. The van der Waals surface area contributed by atoms with Crippen LogP contribution >= 0.6 is 0 Å². The van der Waals surface area contributed by atoms with Gasteiger partial charge in [-0.15, -0.1) is 0 Å². The van der Waals surface area contributed by atoms with Crippen LogP contribution in [0.3, 0.4) is 0 Å². The van der Waals surface area contributed by atoms with Gasteiger partial charge in [-0.2, -0.15) is 0 Å². The third kappa shape index (κ3) is 2.61. The van der Waals surface area contributed by atoms with Crippen LogP contribution < -0.4 is 5.73 Å². The minimum atomic E-state index is -0.144. The molecule has 0 unspecified atom stereocenters. The molecule has 0 fully saturated rings. The Hall–Kier alpha value is -1.67. The highest BCUT2D eigenvalue weighted by Crippen LogP contribution is 2.34. The van der Waals surface area contributed by atoms with E-state index < -0.39 is 0 Å². The average Bonchev–Trinajstić information content (AvgIpc) is 2.55. The molecule has 0 spiro atoms. The Kier molecular flexibility index (Phi) is 3.58. The van der Waals surface area contributed by atoms with Gasteiger partial charge in [0.1, 0.15) is 5.82 Å². The zero-order valence-corrected chi connectivity index (χ0v) is 11.8. The largest absolute Gasteiger partial charge is 0.328 e. The Morgan fingerprint density at radius 2 is 1.95 bits per heavy atom. The molecule has 2 heteroatoms. The van der Waals surface area contributed by atoms with E-state index in [2.05, 4.69) is 24.3 Å². The van der Waals surface area contributed by atoms with Crippen LogP contribution in [-0.4, -0.2) is 6.04 Å². The lowest BCUT2D eigenvalue weighted by molar-refractivity contribution is 0.548. The van der Waals surface area contributed by atoms with Crippen molar-refractivity contribution in [1.82, 2.24) is 0 Å². The Morgan fingerprint density at radius 1 is 1.15 bits per heavy atom. The van der Waals surface area contributed by atoms with Crippen LogP contribution in [0.15, 0.2) is 42.5 Å². The van der Waals surface area contributed by atoms with E-state index in [1.54, 1.807) is 12.1 Å². The normalized spacial score (nSPS) is 18.9. The lowest BCUT2D eigenvalue weighted by atomic mass is 9.87. The van der Waals surface area contributed by atoms with Gasteiger partial charge >= 0.3 is 0 Å². The van der Waals surface area contributed by atoms with Crippen LogP contribution in [0, 0.1) is 5.82 Å². The van der Waals surface area contributed by atoms with Crippen molar-refractivity contribution in [1.29, 1.82) is 0 Å². The highest BCUT2D eigenvalue weighted by atomic mass is 19.1. The molecule has 20 heavy (non-hydrogen) atoms. The Bertz CT molecular complexity index is 619. The summed E-state index contributed by atoms with van der Waals surface area (Å²) in [6.45, 7) is 2.04. The van der Waals surface area contributed by atoms with Gasteiger partial charge in [-0.1, -0.05) is 30.3 Å². The van der Waals surface area contributed by atoms with E-state index in [0.717, 1.165) is 24.8 Å². The van der Waals surface area contributed by atoms with Gasteiger partial charge in [0, 0.05) is 6.04 Å². The fraction of sp³-hybridized carbons (Fsp3) is 0.333. The molecule has 0 heterocycles. The number of benzene rings is 2. The van der Waals surface area contributed by atoms with E-state index in [9.17, 15) is 4.39 Å². The Labute approximate surface area is 119 Å². The average molecular weight is 269 g/mol. The standard InChI is InChI=1S/C18H20FN/c1-12(20)8-16-10-15-11-17(19)7-6-13(15)9-14-4-2-3-5-18(14)16/h2-7,11-12,16H,8-10,20H2,1H3/t12-,16-/m0/s1. The second-order valence-electron chi connectivity index (χ2n) is 5.90. The van der Waals surface area contributed by atoms with Gasteiger partial charge in [0.2, 0.25) is 0 Å². The highest BCUT2D eigenvalue weighted by Gasteiger charge is 2.22. The van der Waals surface area contributed by atoms with Gasteiger partial charge < -0.3 is 5.73 Å². The first-order valence-corrected chi connectivity index (χ1v) is 7.24. The van der Waals surface area contributed by atoms with E-state index >= 15 is 0 Å². The Morgan fingerprint density at radius 3 is 2.75 bits per heavy atom. The van der Waals surface area contributed by atoms with Crippen LogP contribution in [0.5, 0.6) is 0 Å². The molecule has 2 aromatic rings. The van der Waals surface area contributed by atoms with E-state index in [0.29, 0.717) is 5.92 Å². The maximum atomic E-state index is 13.5. The molecule has 0 aliphatic heterocycles. The van der Waals surface area contributed by atoms with Crippen molar-refractivity contribution in [3.63, 3.8) is 0 Å². The fourth-order valence-corrected chi connectivity index (χ4v) is 3.29. The van der Waals surface area contributed by atoms with Crippen LogP contribution in [0.25, 0.3) is 0 Å². The monoisotopic (exact) mass is 269 g/mol. The van der Waals surface area contributed by atoms with Gasteiger partial charge in [-0.05, 0) is 66.5 Å². The zero-order chi connectivity index (χ0) is 14.1. The van der Waals surface area contributed by atoms with Crippen LogP contribution in [0.2, 0.25) is 0 Å². The molecule has 0 amide bonds. The molecule has 3 rings (SSSR count). The lowest BCUT2D eigenvalue weighted by Gasteiger charge is -2.20. The molecule has 2 atom stereocenters. The fourth-order valence-electron chi connectivity index (χ4n) is 3.29. The van der Waals surface area contributed by atoms with Gasteiger partial charge in [-0.25, -0.2) is 4.39 Å². The predicted octanol–water partition coefficient (Wildman–Crippen LogP) is 3.79. The summed E-state index contributed by atoms with van der Waals surface area (Å²) in [7, 11) is 0. The maximum absolute atomic E-state index is 13.5. The van der Waals surface area contributed by atoms with Gasteiger partial charge in [0.05, 0.1) is 0 Å². The van der Waals surface area contributed by atoms with Crippen molar-refractivity contribution < 1.29 is 4.39 Å². The second kappa shape index (κ2) is 5.37. The first-order valence-electron chi connectivity index (χ1n) is 7.24. The number of nitrogens with two attached hydrogens (primary N) is 1. The molecule has 1 aliphatic carbocycles. The van der Waals surface area contributed by atoms with E-state index in [-0.39, 0.29) is 11.9 Å². The molecular weight excluding hydrogens is 249 g/mol. The van der Waals surface area contributed by atoms with Crippen molar-refractivity contribution >= 4 is 0 Å². The first-order chi connectivity index (χ1) is 9.63. The smallest absolute Gasteiger partial charge is 0.123 e. The van der Waals surface area contributed by atoms with Crippen LogP contribution in [0.1, 0.15) is 41.5 Å². The summed E-state index contributed by atoms with van der Waals surface area (Å²) in [4.78, 5) is 0. The van der Waals surface area contributed by atoms with Crippen molar-refractivity contribution in [2.45, 2.75) is 38.1 Å². The summed E-state index contributed by atoms with van der Waals surface area (Å²) in [5, 5.41) is 0.